The Kier molecular flexibility index (Phi) is 7.29. The highest BCUT2D eigenvalue weighted by molar-refractivity contribution is 6.13. The molecule has 272 valence electrons. The molecular weight excluding hydrogens is 711 g/mol. The lowest BCUT2D eigenvalue weighted by Crippen LogP contribution is -2.33. The molecule has 1 aliphatic rings. The fraction of sp³-hybridized carbons (Fsp3) is 0.0377. The maximum atomic E-state index is 6.62. The molecule has 0 fully saturated rings. The Bertz CT molecular complexity index is 3580. The Balaban J connectivity index is 1.12. The van der Waals surface area contributed by atoms with Gasteiger partial charge in [-0.25, -0.2) is 15.0 Å². The Hall–Kier alpha value is -7.63. The summed E-state index contributed by atoms with van der Waals surface area (Å²) < 4.78 is 12.9. The van der Waals surface area contributed by atoms with Crippen LogP contribution in [-0.2, 0) is 0 Å². The third kappa shape index (κ3) is 5.21. The average molecular weight is 744 g/mol. The van der Waals surface area contributed by atoms with Crippen LogP contribution in [0.2, 0.25) is 0 Å². The van der Waals surface area contributed by atoms with Gasteiger partial charge in [-0.2, -0.15) is 0 Å². The molecule has 0 aliphatic heterocycles. The van der Waals surface area contributed by atoms with E-state index in [2.05, 4.69) is 121 Å². The molecule has 1 aliphatic carbocycles. The molecule has 3 aromatic heterocycles. The fourth-order valence-corrected chi connectivity index (χ4v) is 8.98. The highest BCUT2D eigenvalue weighted by Crippen LogP contribution is 2.41. The molecule has 12 rings (SSSR count). The van der Waals surface area contributed by atoms with E-state index in [4.69, 9.17) is 23.8 Å². The summed E-state index contributed by atoms with van der Waals surface area (Å²) in [5, 5.41) is 9.04. The molecule has 8 aromatic carbocycles. The van der Waals surface area contributed by atoms with Crippen molar-refractivity contribution in [3.63, 3.8) is 0 Å². The normalized spacial score (nSPS) is 13.0. The number of rotatable bonds is 5. The first kappa shape index (κ1) is 32.6. The SMILES string of the molecule is c1ccc(-c2nc(C3=c4ccccc4=C(c4cc(-c5ccc6ccccc6c5)cc5oc6ccccc6c45)CC3)nc(-c3cccc4oc5ccccc5c34)n2)cc1. The molecule has 0 saturated heterocycles. The molecule has 0 unspecified atom stereocenters. The molecule has 3 heterocycles. The van der Waals surface area contributed by atoms with Crippen molar-refractivity contribution < 1.29 is 8.83 Å². The molecule has 0 bridgehead atoms. The number of nitrogens with zero attached hydrogens (tertiary/aromatic N) is 3. The first-order chi connectivity index (χ1) is 28.7. The molecule has 0 N–H and O–H groups in total. The van der Waals surface area contributed by atoms with Gasteiger partial charge in [0.05, 0.1) is 0 Å². The highest BCUT2D eigenvalue weighted by Gasteiger charge is 2.24. The molecule has 5 nitrogen and oxygen atoms in total. The van der Waals surface area contributed by atoms with Gasteiger partial charge in [-0.15, -0.1) is 0 Å². The Labute approximate surface area is 332 Å². The topological polar surface area (TPSA) is 65.0 Å². The number of benzene rings is 8. The second-order valence-corrected chi connectivity index (χ2v) is 15.0. The maximum absolute atomic E-state index is 6.62. The van der Waals surface area contributed by atoms with Crippen LogP contribution in [0.25, 0.3) is 99.7 Å². The van der Waals surface area contributed by atoms with E-state index in [-0.39, 0.29) is 0 Å². The number of furan rings is 2. The number of hydrogen-bond acceptors (Lipinski definition) is 5. The van der Waals surface area contributed by atoms with Gasteiger partial charge in [-0.1, -0.05) is 140 Å². The highest BCUT2D eigenvalue weighted by atomic mass is 16.3. The molecule has 0 amide bonds. The van der Waals surface area contributed by atoms with Crippen LogP contribution in [-0.4, -0.2) is 15.0 Å². The number of aromatic nitrogens is 3. The molecule has 0 radical (unpaired) electrons. The first-order valence-corrected chi connectivity index (χ1v) is 19.7. The summed E-state index contributed by atoms with van der Waals surface area (Å²) in [5.74, 6) is 1.94. The van der Waals surface area contributed by atoms with Crippen molar-refractivity contribution in [3.8, 4) is 33.9 Å². The van der Waals surface area contributed by atoms with Gasteiger partial charge in [0.25, 0.3) is 0 Å². The molecule has 5 heteroatoms. The van der Waals surface area contributed by atoms with E-state index in [9.17, 15) is 0 Å². The van der Waals surface area contributed by atoms with E-state index in [0.29, 0.717) is 17.5 Å². The van der Waals surface area contributed by atoms with Gasteiger partial charge in [-0.3, -0.25) is 0 Å². The monoisotopic (exact) mass is 743 g/mol. The summed E-state index contributed by atoms with van der Waals surface area (Å²) in [6.07, 6.45) is 1.55. The van der Waals surface area contributed by atoms with Crippen molar-refractivity contribution in [2.24, 2.45) is 0 Å². The number of hydrogen-bond donors (Lipinski definition) is 0. The van der Waals surface area contributed by atoms with Crippen LogP contribution >= 0.6 is 0 Å². The van der Waals surface area contributed by atoms with Gasteiger partial charge < -0.3 is 8.83 Å². The summed E-state index contributed by atoms with van der Waals surface area (Å²) >= 11 is 0. The standard InChI is InChI=1S/C53H33N3O2/c1-2-14-33(15-3-1)51-54-52(56-53(55-51)43-21-12-24-47-49(43)41-19-8-10-22-45(41)57-47)40-28-27-39(37-17-6-7-18-38(37)40)44-30-36(35-26-25-32-13-4-5-16-34(32)29-35)31-48-50(44)42-20-9-11-23-46(42)58-48/h1-26,29-31H,27-28H2. The minimum Gasteiger partial charge on any atom is -0.456 e. The molecule has 58 heavy (non-hydrogen) atoms. The summed E-state index contributed by atoms with van der Waals surface area (Å²) in [6.45, 7) is 0. The van der Waals surface area contributed by atoms with Crippen molar-refractivity contribution in [1.82, 2.24) is 15.0 Å². The van der Waals surface area contributed by atoms with Crippen LogP contribution in [0, 0.1) is 0 Å². The summed E-state index contributed by atoms with van der Waals surface area (Å²) in [4.78, 5) is 15.7. The number of para-hydroxylation sites is 2. The first-order valence-electron chi connectivity index (χ1n) is 19.7. The van der Waals surface area contributed by atoms with E-state index in [1.165, 1.54) is 27.1 Å². The van der Waals surface area contributed by atoms with Gasteiger partial charge in [0.1, 0.15) is 22.3 Å². The second kappa shape index (κ2) is 13.0. The second-order valence-electron chi connectivity index (χ2n) is 15.0. The van der Waals surface area contributed by atoms with Crippen molar-refractivity contribution >= 4 is 65.8 Å². The van der Waals surface area contributed by atoms with Gasteiger partial charge in [0, 0.05) is 38.2 Å². The third-order valence-electron chi connectivity index (χ3n) is 11.7. The van der Waals surface area contributed by atoms with Gasteiger partial charge >= 0.3 is 0 Å². The quantitative estimate of drug-likeness (QED) is 0.176. The van der Waals surface area contributed by atoms with Crippen LogP contribution < -0.4 is 10.4 Å². The van der Waals surface area contributed by atoms with Crippen molar-refractivity contribution in [3.05, 3.63) is 198 Å². The van der Waals surface area contributed by atoms with Crippen LogP contribution in [0.5, 0.6) is 0 Å². The summed E-state index contributed by atoms with van der Waals surface area (Å²) in [5.41, 5.74) is 11.1. The predicted molar refractivity (Wildman–Crippen MR) is 235 cm³/mol. The minimum atomic E-state index is 0.621. The molecule has 11 aromatic rings. The zero-order valence-electron chi connectivity index (χ0n) is 31.3. The summed E-state index contributed by atoms with van der Waals surface area (Å²) in [6, 6.07) is 61.4. The van der Waals surface area contributed by atoms with E-state index >= 15 is 0 Å². The predicted octanol–water partition coefficient (Wildman–Crippen LogP) is 12.0. The van der Waals surface area contributed by atoms with E-state index < -0.39 is 0 Å². The van der Waals surface area contributed by atoms with Gasteiger partial charge in [-0.05, 0) is 92.7 Å². The van der Waals surface area contributed by atoms with Crippen LogP contribution in [0.4, 0.5) is 0 Å². The van der Waals surface area contributed by atoms with Crippen molar-refractivity contribution in [2.45, 2.75) is 12.8 Å². The van der Waals surface area contributed by atoms with Crippen molar-refractivity contribution in [2.75, 3.05) is 0 Å². The minimum absolute atomic E-state index is 0.621. The van der Waals surface area contributed by atoms with Crippen LogP contribution in [0.3, 0.4) is 0 Å². The Morgan fingerprint density at radius 3 is 1.76 bits per heavy atom. The zero-order valence-corrected chi connectivity index (χ0v) is 31.3. The largest absolute Gasteiger partial charge is 0.456 e. The molecule has 0 saturated carbocycles. The van der Waals surface area contributed by atoms with Gasteiger partial charge in [0.15, 0.2) is 17.5 Å². The third-order valence-corrected chi connectivity index (χ3v) is 11.7. The Morgan fingerprint density at radius 1 is 0.345 bits per heavy atom. The lowest BCUT2D eigenvalue weighted by Gasteiger charge is -2.19. The lowest BCUT2D eigenvalue weighted by molar-refractivity contribution is 0.668. The molecular formula is C53H33N3O2. The average Bonchev–Trinajstić information content (AvgIpc) is 3.87. The Morgan fingerprint density at radius 2 is 0.948 bits per heavy atom. The number of fused-ring (bicyclic) bond motifs is 8. The van der Waals surface area contributed by atoms with E-state index in [1.807, 2.05) is 54.6 Å². The molecule has 0 spiro atoms. The van der Waals surface area contributed by atoms with E-state index in [0.717, 1.165) is 89.8 Å². The fourth-order valence-electron chi connectivity index (χ4n) is 8.98. The maximum Gasteiger partial charge on any atom is 0.164 e. The van der Waals surface area contributed by atoms with Crippen LogP contribution in [0.15, 0.2) is 185 Å². The van der Waals surface area contributed by atoms with Crippen LogP contribution in [0.1, 0.15) is 24.2 Å². The summed E-state index contributed by atoms with van der Waals surface area (Å²) in [7, 11) is 0. The lowest BCUT2D eigenvalue weighted by atomic mass is 9.86. The zero-order chi connectivity index (χ0) is 38.2. The van der Waals surface area contributed by atoms with Gasteiger partial charge in [0.2, 0.25) is 0 Å². The molecule has 0 atom stereocenters. The smallest absolute Gasteiger partial charge is 0.164 e. The van der Waals surface area contributed by atoms with Crippen molar-refractivity contribution in [1.29, 1.82) is 0 Å². The van der Waals surface area contributed by atoms with E-state index in [1.54, 1.807) is 0 Å².